The molecule has 4 atom stereocenters. The van der Waals surface area contributed by atoms with Gasteiger partial charge in [-0.3, -0.25) is 4.79 Å². The van der Waals surface area contributed by atoms with Crippen LogP contribution >= 0.6 is 34.8 Å². The highest BCUT2D eigenvalue weighted by Crippen LogP contribution is 2.43. The Balaban J connectivity index is 1.36. The minimum Gasteiger partial charge on any atom is -0.392 e. The third-order valence-corrected chi connectivity index (χ3v) is 8.18. The number of hydrogen-bond donors (Lipinski definition) is 2. The fraction of sp³-hybridized carbons (Fsp3) is 0.536. The lowest BCUT2D eigenvalue weighted by Crippen LogP contribution is -2.50. The van der Waals surface area contributed by atoms with Gasteiger partial charge in [0.2, 0.25) is 0 Å². The SMILES string of the molecule is C[C@H]1[C@@H](CN2CCC3(CC2)OCCO3)O[C@@H](c2cccc(NC(=O)C(Cl)(Cl)Cl)c2)O[C@H]1c1ccc(CO)cc1. The molecule has 5 rings (SSSR count). The third kappa shape index (κ3) is 6.89. The topological polar surface area (TPSA) is 89.5 Å². The van der Waals surface area contributed by atoms with Crippen molar-refractivity contribution in [1.29, 1.82) is 0 Å². The van der Waals surface area contributed by atoms with Gasteiger partial charge in [0.25, 0.3) is 9.70 Å². The number of alkyl halides is 3. The third-order valence-electron chi connectivity index (χ3n) is 7.67. The van der Waals surface area contributed by atoms with E-state index in [1.54, 1.807) is 18.2 Å². The van der Waals surface area contributed by atoms with E-state index >= 15 is 0 Å². The minimum atomic E-state index is -2.08. The molecular formula is C28H33Cl3N2O6. The second kappa shape index (κ2) is 12.2. The number of hydrogen-bond acceptors (Lipinski definition) is 7. The molecule has 0 radical (unpaired) electrons. The summed E-state index contributed by atoms with van der Waals surface area (Å²) in [6, 6.07) is 14.9. The molecule has 212 valence electrons. The molecule has 0 unspecified atom stereocenters. The zero-order valence-electron chi connectivity index (χ0n) is 21.7. The maximum atomic E-state index is 12.2. The number of aliphatic hydroxyl groups excluding tert-OH is 1. The maximum Gasteiger partial charge on any atom is 0.276 e. The quantitative estimate of drug-likeness (QED) is 0.446. The molecule has 0 aliphatic carbocycles. The van der Waals surface area contributed by atoms with Gasteiger partial charge in [0.15, 0.2) is 12.1 Å². The number of piperidine rings is 1. The van der Waals surface area contributed by atoms with Gasteiger partial charge in [-0.2, -0.15) is 0 Å². The first-order chi connectivity index (χ1) is 18.7. The number of likely N-dealkylation sites (tertiary alicyclic amines) is 1. The molecule has 3 aliphatic heterocycles. The van der Waals surface area contributed by atoms with Crippen molar-refractivity contribution in [3.05, 3.63) is 65.2 Å². The van der Waals surface area contributed by atoms with Crippen LogP contribution in [0.25, 0.3) is 0 Å². The number of ether oxygens (including phenoxy) is 4. The Morgan fingerprint density at radius 3 is 2.38 bits per heavy atom. The van der Waals surface area contributed by atoms with Crippen molar-refractivity contribution in [3.63, 3.8) is 0 Å². The van der Waals surface area contributed by atoms with E-state index in [2.05, 4.69) is 17.1 Å². The predicted molar refractivity (Wildman–Crippen MR) is 149 cm³/mol. The highest BCUT2D eigenvalue weighted by Gasteiger charge is 2.43. The number of nitrogens with one attached hydrogen (secondary N) is 1. The van der Waals surface area contributed by atoms with E-state index in [-0.39, 0.29) is 24.7 Å². The number of aliphatic hydroxyl groups is 1. The van der Waals surface area contributed by atoms with Gasteiger partial charge in [0.05, 0.1) is 32.0 Å². The number of anilines is 1. The molecule has 3 heterocycles. The molecule has 1 spiro atoms. The molecule has 11 heteroatoms. The van der Waals surface area contributed by atoms with Crippen molar-refractivity contribution < 1.29 is 28.8 Å². The maximum absolute atomic E-state index is 12.2. The van der Waals surface area contributed by atoms with Crippen LogP contribution in [0.5, 0.6) is 0 Å². The fourth-order valence-electron chi connectivity index (χ4n) is 5.41. The average molecular weight is 600 g/mol. The second-order valence-electron chi connectivity index (χ2n) is 10.3. The van der Waals surface area contributed by atoms with Gasteiger partial charge in [-0.05, 0) is 23.3 Å². The molecule has 3 fully saturated rings. The van der Waals surface area contributed by atoms with Crippen LogP contribution < -0.4 is 5.32 Å². The predicted octanol–water partition coefficient (Wildman–Crippen LogP) is 5.12. The van der Waals surface area contributed by atoms with Crippen LogP contribution in [0.15, 0.2) is 48.5 Å². The van der Waals surface area contributed by atoms with Gasteiger partial charge in [-0.15, -0.1) is 0 Å². The molecule has 2 aromatic carbocycles. The van der Waals surface area contributed by atoms with Crippen LogP contribution in [0, 0.1) is 5.92 Å². The van der Waals surface area contributed by atoms with Crippen molar-refractivity contribution >= 4 is 46.4 Å². The standard InChI is InChI=1S/C28H33Cl3N2O6/c1-18-23(16-33-11-9-27(10-12-33)36-13-14-37-27)38-25(39-24(18)20-7-5-19(17-34)6-8-20)21-3-2-4-22(15-21)32-26(35)28(29,30)31/h2-8,15,18,23-25,34H,9-14,16-17H2,1H3,(H,32,35)/t18-,23+,24+,25+/m0/s1. The number of nitrogens with zero attached hydrogens (tertiary/aromatic N) is 1. The second-order valence-corrected chi connectivity index (χ2v) is 12.6. The largest absolute Gasteiger partial charge is 0.392 e. The van der Waals surface area contributed by atoms with E-state index in [4.69, 9.17) is 53.8 Å². The van der Waals surface area contributed by atoms with Crippen molar-refractivity contribution in [2.24, 2.45) is 5.92 Å². The van der Waals surface area contributed by atoms with Crippen LogP contribution in [0.4, 0.5) is 5.69 Å². The Labute approximate surface area is 243 Å². The summed E-state index contributed by atoms with van der Waals surface area (Å²) in [5.74, 6) is -1.14. The van der Waals surface area contributed by atoms with Crippen LogP contribution in [0.2, 0.25) is 0 Å². The van der Waals surface area contributed by atoms with E-state index in [9.17, 15) is 9.90 Å². The van der Waals surface area contributed by atoms with Crippen molar-refractivity contribution in [2.75, 3.05) is 38.2 Å². The van der Waals surface area contributed by atoms with Crippen LogP contribution in [-0.2, 0) is 30.3 Å². The zero-order chi connectivity index (χ0) is 27.6. The fourth-order valence-corrected chi connectivity index (χ4v) is 5.55. The summed E-state index contributed by atoms with van der Waals surface area (Å²) in [5.41, 5.74) is 3.04. The first-order valence-electron chi connectivity index (χ1n) is 13.1. The molecule has 0 saturated carbocycles. The normalized spacial score (nSPS) is 27.5. The van der Waals surface area contributed by atoms with Gasteiger partial charge >= 0.3 is 0 Å². The highest BCUT2D eigenvalue weighted by molar-refractivity contribution is 6.76. The monoisotopic (exact) mass is 598 g/mol. The van der Waals surface area contributed by atoms with E-state index < -0.39 is 21.8 Å². The number of carbonyl (C=O) groups excluding carboxylic acids is 1. The number of halogens is 3. The van der Waals surface area contributed by atoms with Gasteiger partial charge in [0, 0.05) is 49.6 Å². The Morgan fingerprint density at radius 2 is 1.74 bits per heavy atom. The van der Waals surface area contributed by atoms with E-state index in [1.807, 2.05) is 30.3 Å². The molecule has 0 aromatic heterocycles. The molecule has 39 heavy (non-hydrogen) atoms. The molecular weight excluding hydrogens is 567 g/mol. The van der Waals surface area contributed by atoms with Gasteiger partial charge < -0.3 is 34.3 Å². The summed E-state index contributed by atoms with van der Waals surface area (Å²) >= 11 is 17.2. The lowest BCUT2D eigenvalue weighted by molar-refractivity contribution is -0.278. The lowest BCUT2D eigenvalue weighted by atomic mass is 9.89. The first-order valence-corrected chi connectivity index (χ1v) is 14.3. The van der Waals surface area contributed by atoms with Crippen LogP contribution in [-0.4, -0.2) is 64.4 Å². The summed E-state index contributed by atoms with van der Waals surface area (Å²) in [4.78, 5) is 14.6. The molecule has 3 aliphatic rings. The summed E-state index contributed by atoms with van der Waals surface area (Å²) in [7, 11) is 0. The minimum absolute atomic E-state index is 0.0215. The van der Waals surface area contributed by atoms with E-state index in [1.165, 1.54) is 0 Å². The van der Waals surface area contributed by atoms with Crippen molar-refractivity contribution in [3.8, 4) is 0 Å². The van der Waals surface area contributed by atoms with E-state index in [0.29, 0.717) is 18.9 Å². The Hall–Kier alpha value is -1.46. The number of benzene rings is 2. The number of carbonyl (C=O) groups is 1. The van der Waals surface area contributed by atoms with Gasteiger partial charge in [-0.25, -0.2) is 0 Å². The number of amides is 1. The number of rotatable bonds is 6. The lowest BCUT2D eigenvalue weighted by Gasteiger charge is -2.44. The van der Waals surface area contributed by atoms with Crippen molar-refractivity contribution in [1.82, 2.24) is 4.90 Å². The molecule has 3 saturated heterocycles. The Morgan fingerprint density at radius 1 is 1.05 bits per heavy atom. The Bertz CT molecular complexity index is 1130. The molecule has 2 aromatic rings. The average Bonchev–Trinajstić information content (AvgIpc) is 3.39. The van der Waals surface area contributed by atoms with Gasteiger partial charge in [-0.1, -0.05) is 78.1 Å². The van der Waals surface area contributed by atoms with Crippen molar-refractivity contribution in [2.45, 2.75) is 54.4 Å². The summed E-state index contributed by atoms with van der Waals surface area (Å²) in [6.07, 6.45) is 0.579. The smallest absolute Gasteiger partial charge is 0.276 e. The molecule has 1 amide bonds. The van der Waals surface area contributed by atoms with E-state index in [0.717, 1.165) is 49.2 Å². The summed E-state index contributed by atoms with van der Waals surface area (Å²) < 4.78 is 22.8. The van der Waals surface area contributed by atoms with Crippen LogP contribution in [0.3, 0.4) is 0 Å². The molecule has 8 nitrogen and oxygen atoms in total. The zero-order valence-corrected chi connectivity index (χ0v) is 23.9. The summed E-state index contributed by atoms with van der Waals surface area (Å²) in [6.45, 7) is 5.86. The molecule has 0 bridgehead atoms. The Kier molecular flexibility index (Phi) is 9.08. The van der Waals surface area contributed by atoms with Gasteiger partial charge in [0.1, 0.15) is 0 Å². The highest BCUT2D eigenvalue weighted by atomic mass is 35.6. The molecule has 2 N–H and O–H groups in total. The summed E-state index contributed by atoms with van der Waals surface area (Å²) in [5, 5.41) is 12.1. The van der Waals surface area contributed by atoms with Crippen LogP contribution in [0.1, 0.15) is 48.8 Å². The first kappa shape index (κ1) is 29.0.